The number of benzene rings is 1. The molecule has 66 valence electrons. The molecule has 0 atom stereocenters. The molecular formula is C10H13BrO. The number of halogens is 1. The Balaban J connectivity index is 3.01. The standard InChI is InChI=1S/C10H13BrO/c1-7(2)12-9-4-5-10(11)8(3)6-9/h4-7H,1-3H3/i1D3,2D3. The topological polar surface area (TPSA) is 9.23 Å². The van der Waals surface area contributed by atoms with Crippen molar-refractivity contribution in [2.24, 2.45) is 0 Å². The van der Waals surface area contributed by atoms with Crippen LogP contribution in [0.25, 0.3) is 0 Å². The Morgan fingerprint density at radius 3 is 2.83 bits per heavy atom. The van der Waals surface area contributed by atoms with Crippen LogP contribution in [0.4, 0.5) is 0 Å². The van der Waals surface area contributed by atoms with Gasteiger partial charge in [-0.3, -0.25) is 0 Å². The summed E-state index contributed by atoms with van der Waals surface area (Å²) in [5, 5.41) is 0. The SMILES string of the molecule is [2H]C([2H])([2H])C(Oc1ccc(Br)c(C)c1)C([2H])([2H])[2H]. The van der Waals surface area contributed by atoms with Crippen LogP contribution in [0.1, 0.15) is 27.5 Å². The zero-order chi connectivity index (χ0) is 14.1. The van der Waals surface area contributed by atoms with E-state index in [4.69, 9.17) is 13.0 Å². The monoisotopic (exact) mass is 234 g/mol. The zero-order valence-electron chi connectivity index (χ0n) is 12.6. The van der Waals surface area contributed by atoms with Crippen LogP contribution in [-0.2, 0) is 0 Å². The first-order chi connectivity index (χ1) is 8.01. The Morgan fingerprint density at radius 1 is 1.50 bits per heavy atom. The van der Waals surface area contributed by atoms with Crippen molar-refractivity contribution in [1.82, 2.24) is 0 Å². The summed E-state index contributed by atoms with van der Waals surface area (Å²) in [6.45, 7) is -3.60. The van der Waals surface area contributed by atoms with Crippen LogP contribution in [0.2, 0.25) is 0 Å². The molecule has 0 amide bonds. The smallest absolute Gasteiger partial charge is 0.120 e. The molecule has 0 unspecified atom stereocenters. The predicted octanol–water partition coefficient (Wildman–Crippen LogP) is 3.54. The van der Waals surface area contributed by atoms with Gasteiger partial charge in [-0.1, -0.05) is 15.9 Å². The van der Waals surface area contributed by atoms with Crippen molar-refractivity contribution in [3.8, 4) is 5.75 Å². The van der Waals surface area contributed by atoms with Gasteiger partial charge in [0.2, 0.25) is 0 Å². The first kappa shape index (κ1) is 4.14. The fourth-order valence-electron chi connectivity index (χ4n) is 0.827. The van der Waals surface area contributed by atoms with E-state index in [1.54, 1.807) is 19.1 Å². The Morgan fingerprint density at radius 2 is 2.25 bits per heavy atom. The van der Waals surface area contributed by atoms with Crippen LogP contribution in [0.3, 0.4) is 0 Å². The van der Waals surface area contributed by atoms with Gasteiger partial charge in [-0.15, -0.1) is 0 Å². The van der Waals surface area contributed by atoms with Crippen LogP contribution in [0.5, 0.6) is 5.75 Å². The number of rotatable bonds is 2. The van der Waals surface area contributed by atoms with E-state index in [-0.39, 0.29) is 5.75 Å². The van der Waals surface area contributed by atoms with Crippen molar-refractivity contribution < 1.29 is 13.0 Å². The van der Waals surface area contributed by atoms with E-state index in [9.17, 15) is 0 Å². The molecule has 1 aromatic carbocycles. The van der Waals surface area contributed by atoms with Gasteiger partial charge in [-0.2, -0.15) is 0 Å². The lowest BCUT2D eigenvalue weighted by atomic mass is 10.2. The van der Waals surface area contributed by atoms with Crippen molar-refractivity contribution in [3.63, 3.8) is 0 Å². The zero-order valence-corrected chi connectivity index (χ0v) is 8.18. The minimum Gasteiger partial charge on any atom is -0.491 e. The third kappa shape index (κ3) is 2.52. The van der Waals surface area contributed by atoms with E-state index in [1.807, 2.05) is 0 Å². The Hall–Kier alpha value is -0.500. The van der Waals surface area contributed by atoms with Gasteiger partial charge in [0.05, 0.1) is 6.10 Å². The van der Waals surface area contributed by atoms with E-state index in [0.29, 0.717) is 0 Å². The predicted molar refractivity (Wildman–Crippen MR) is 54.6 cm³/mol. The molecule has 0 aromatic heterocycles. The van der Waals surface area contributed by atoms with Crippen molar-refractivity contribution >= 4 is 15.9 Å². The summed E-state index contributed by atoms with van der Waals surface area (Å²) < 4.78 is 49.3. The molecule has 0 aliphatic rings. The quantitative estimate of drug-likeness (QED) is 0.761. The second kappa shape index (κ2) is 3.94. The van der Waals surface area contributed by atoms with Crippen molar-refractivity contribution in [3.05, 3.63) is 28.2 Å². The summed E-state index contributed by atoms with van der Waals surface area (Å²) in [6.07, 6.45) is -1.83. The largest absolute Gasteiger partial charge is 0.491 e. The molecule has 0 bridgehead atoms. The fourth-order valence-corrected chi connectivity index (χ4v) is 1.07. The molecule has 0 heterocycles. The lowest BCUT2D eigenvalue weighted by molar-refractivity contribution is 0.242. The third-order valence-corrected chi connectivity index (χ3v) is 2.27. The van der Waals surface area contributed by atoms with Gasteiger partial charge in [-0.05, 0) is 44.4 Å². The molecule has 0 aliphatic heterocycles. The lowest BCUT2D eigenvalue weighted by Crippen LogP contribution is -2.05. The van der Waals surface area contributed by atoms with Gasteiger partial charge < -0.3 is 4.74 Å². The average Bonchev–Trinajstić information content (AvgIpc) is 2.16. The maximum Gasteiger partial charge on any atom is 0.120 e. The van der Waals surface area contributed by atoms with Gasteiger partial charge >= 0.3 is 0 Å². The van der Waals surface area contributed by atoms with E-state index in [2.05, 4.69) is 15.9 Å². The van der Waals surface area contributed by atoms with Crippen LogP contribution < -0.4 is 4.74 Å². The first-order valence-electron chi connectivity index (χ1n) is 6.44. The van der Waals surface area contributed by atoms with Crippen LogP contribution in [0, 0.1) is 6.92 Å². The molecule has 0 N–H and O–H groups in total. The molecular weight excluding hydrogens is 216 g/mol. The van der Waals surface area contributed by atoms with E-state index >= 15 is 0 Å². The van der Waals surface area contributed by atoms with Gasteiger partial charge in [0, 0.05) is 12.7 Å². The Kier molecular flexibility index (Phi) is 1.36. The maximum absolute atomic E-state index is 7.23. The Labute approximate surface area is 90.3 Å². The summed E-state index contributed by atoms with van der Waals surface area (Å²) >= 11 is 3.30. The maximum atomic E-state index is 7.23. The summed E-state index contributed by atoms with van der Waals surface area (Å²) in [7, 11) is 0. The van der Waals surface area contributed by atoms with Gasteiger partial charge in [0.1, 0.15) is 5.75 Å². The fraction of sp³-hybridized carbons (Fsp3) is 0.400. The van der Waals surface area contributed by atoms with Gasteiger partial charge in [0.15, 0.2) is 0 Å². The van der Waals surface area contributed by atoms with Gasteiger partial charge in [-0.25, -0.2) is 0 Å². The van der Waals surface area contributed by atoms with Crippen molar-refractivity contribution in [2.75, 3.05) is 0 Å². The van der Waals surface area contributed by atoms with E-state index < -0.39 is 19.8 Å². The summed E-state index contributed by atoms with van der Waals surface area (Å²) in [4.78, 5) is 0. The normalized spacial score (nSPS) is 19.9. The molecule has 0 radical (unpaired) electrons. The second-order valence-corrected chi connectivity index (χ2v) is 3.26. The summed E-state index contributed by atoms with van der Waals surface area (Å²) in [5.74, 6) is 0.230. The Bertz CT molecular complexity index is 411. The highest BCUT2D eigenvalue weighted by Gasteiger charge is 1.99. The number of ether oxygens (including phenoxy) is 1. The minimum absolute atomic E-state index is 0.230. The molecule has 0 saturated heterocycles. The molecule has 0 spiro atoms. The molecule has 0 aliphatic carbocycles. The molecule has 0 fully saturated rings. The number of hydrogen-bond acceptors (Lipinski definition) is 1. The number of aryl methyl sites for hydroxylation is 1. The average molecular weight is 235 g/mol. The van der Waals surface area contributed by atoms with Crippen molar-refractivity contribution in [2.45, 2.75) is 26.7 Å². The molecule has 0 saturated carbocycles. The van der Waals surface area contributed by atoms with Crippen LogP contribution in [0.15, 0.2) is 22.7 Å². The minimum atomic E-state index is -2.70. The molecule has 1 nitrogen and oxygen atoms in total. The molecule has 1 aromatic rings. The lowest BCUT2D eigenvalue weighted by Gasteiger charge is -2.10. The highest BCUT2D eigenvalue weighted by Crippen LogP contribution is 2.22. The highest BCUT2D eigenvalue weighted by atomic mass is 79.9. The highest BCUT2D eigenvalue weighted by molar-refractivity contribution is 9.10. The van der Waals surface area contributed by atoms with E-state index in [0.717, 1.165) is 10.0 Å². The van der Waals surface area contributed by atoms with Crippen molar-refractivity contribution in [1.29, 1.82) is 0 Å². The summed E-state index contributed by atoms with van der Waals surface area (Å²) in [5.41, 5.74) is 0.835. The second-order valence-electron chi connectivity index (χ2n) is 2.41. The molecule has 12 heavy (non-hydrogen) atoms. The third-order valence-electron chi connectivity index (χ3n) is 1.38. The number of hydrogen-bond donors (Lipinski definition) is 0. The first-order valence-corrected chi connectivity index (χ1v) is 4.24. The summed E-state index contributed by atoms with van der Waals surface area (Å²) in [6, 6.07) is 4.80. The van der Waals surface area contributed by atoms with E-state index in [1.165, 1.54) is 6.07 Å². The molecule has 2 heteroatoms. The van der Waals surface area contributed by atoms with Gasteiger partial charge in [0.25, 0.3) is 0 Å². The van der Waals surface area contributed by atoms with Crippen LogP contribution in [-0.4, -0.2) is 6.10 Å². The molecule has 1 rings (SSSR count). The van der Waals surface area contributed by atoms with Crippen LogP contribution >= 0.6 is 15.9 Å².